The molecular formula is C13H16ClFN2S. The smallest absolute Gasteiger partial charge is 0.161 e. The number of nitrogens with one attached hydrogen (secondary N) is 1. The molecule has 1 aliphatic rings. The molecule has 18 heavy (non-hydrogen) atoms. The van der Waals surface area contributed by atoms with Crippen molar-refractivity contribution in [3.8, 4) is 0 Å². The number of aliphatic imine (C=N–C) groups is 1. The third-order valence-electron chi connectivity index (χ3n) is 2.57. The largest absolute Gasteiger partial charge is 0.335 e. The standard InChI is InChI=1S/C13H16ClFN2S/c1-8(2)3-12-7-18-13(17-12)16-11-5-9(14)4-10(15)6-11/h4-6,8,12H,3,7H2,1-2H3,(H,16,17). The highest BCUT2D eigenvalue weighted by atomic mass is 35.5. The third-order valence-corrected chi connectivity index (χ3v) is 3.82. The average Bonchev–Trinajstić information content (AvgIpc) is 2.62. The lowest BCUT2D eigenvalue weighted by atomic mass is 10.1. The predicted octanol–water partition coefficient (Wildman–Crippen LogP) is 4.41. The fourth-order valence-corrected chi connectivity index (χ4v) is 3.09. The molecule has 1 aromatic carbocycles. The Morgan fingerprint density at radius 2 is 2.28 bits per heavy atom. The molecule has 0 fully saturated rings. The van der Waals surface area contributed by atoms with Gasteiger partial charge in [0, 0.05) is 16.5 Å². The number of nitrogens with zero attached hydrogens (tertiary/aromatic N) is 1. The molecule has 5 heteroatoms. The first-order chi connectivity index (χ1) is 8.52. The maximum Gasteiger partial charge on any atom is 0.161 e. The molecule has 98 valence electrons. The van der Waals surface area contributed by atoms with Gasteiger partial charge in [0.1, 0.15) is 5.82 Å². The van der Waals surface area contributed by atoms with Gasteiger partial charge < -0.3 is 5.32 Å². The van der Waals surface area contributed by atoms with Crippen molar-refractivity contribution in [2.24, 2.45) is 10.9 Å². The van der Waals surface area contributed by atoms with E-state index in [4.69, 9.17) is 11.6 Å². The van der Waals surface area contributed by atoms with E-state index < -0.39 is 0 Å². The van der Waals surface area contributed by atoms with Crippen LogP contribution in [0.25, 0.3) is 0 Å². The number of hydrogen-bond donors (Lipinski definition) is 1. The van der Waals surface area contributed by atoms with Crippen LogP contribution < -0.4 is 5.32 Å². The number of hydrogen-bond acceptors (Lipinski definition) is 3. The SMILES string of the molecule is CC(C)CC1CSC(Nc2cc(F)cc(Cl)c2)=N1. The van der Waals surface area contributed by atoms with Gasteiger partial charge in [-0.1, -0.05) is 37.2 Å². The van der Waals surface area contributed by atoms with Crippen molar-refractivity contribution in [2.75, 3.05) is 11.1 Å². The van der Waals surface area contributed by atoms with E-state index >= 15 is 0 Å². The Balaban J connectivity index is 2.01. The average molecular weight is 287 g/mol. The van der Waals surface area contributed by atoms with E-state index in [-0.39, 0.29) is 5.82 Å². The highest BCUT2D eigenvalue weighted by molar-refractivity contribution is 8.14. The minimum atomic E-state index is -0.340. The highest BCUT2D eigenvalue weighted by Gasteiger charge is 2.19. The Hall–Kier alpha value is -0.740. The van der Waals surface area contributed by atoms with Crippen molar-refractivity contribution in [1.29, 1.82) is 0 Å². The monoisotopic (exact) mass is 286 g/mol. The van der Waals surface area contributed by atoms with Crippen molar-refractivity contribution < 1.29 is 4.39 Å². The quantitative estimate of drug-likeness (QED) is 0.890. The molecule has 1 atom stereocenters. The zero-order valence-electron chi connectivity index (χ0n) is 10.4. The molecule has 0 spiro atoms. The zero-order chi connectivity index (χ0) is 13.1. The summed E-state index contributed by atoms with van der Waals surface area (Å²) < 4.78 is 13.2. The number of anilines is 1. The van der Waals surface area contributed by atoms with Gasteiger partial charge in [-0.3, -0.25) is 4.99 Å². The fourth-order valence-electron chi connectivity index (χ4n) is 1.90. The second-order valence-corrected chi connectivity index (χ2v) is 6.26. The molecule has 0 bridgehead atoms. The molecule has 1 unspecified atom stereocenters. The summed E-state index contributed by atoms with van der Waals surface area (Å²) >= 11 is 7.48. The summed E-state index contributed by atoms with van der Waals surface area (Å²) in [4.78, 5) is 4.59. The molecule has 2 rings (SSSR count). The number of amidine groups is 1. The Morgan fingerprint density at radius 3 is 2.94 bits per heavy atom. The lowest BCUT2D eigenvalue weighted by molar-refractivity contribution is 0.529. The van der Waals surface area contributed by atoms with Crippen LogP contribution in [0.15, 0.2) is 23.2 Å². The third kappa shape index (κ3) is 3.89. The highest BCUT2D eigenvalue weighted by Crippen LogP contribution is 2.25. The predicted molar refractivity (Wildman–Crippen MR) is 78.2 cm³/mol. The number of halogens is 2. The summed E-state index contributed by atoms with van der Waals surface area (Å²) in [6, 6.07) is 4.77. The van der Waals surface area contributed by atoms with E-state index in [0.29, 0.717) is 22.7 Å². The molecule has 1 heterocycles. The van der Waals surface area contributed by atoms with Crippen molar-refractivity contribution in [2.45, 2.75) is 26.3 Å². The maximum absolute atomic E-state index is 13.2. The van der Waals surface area contributed by atoms with Crippen molar-refractivity contribution in [3.63, 3.8) is 0 Å². The minimum Gasteiger partial charge on any atom is -0.335 e. The summed E-state index contributed by atoms with van der Waals surface area (Å²) in [6.07, 6.45) is 1.09. The van der Waals surface area contributed by atoms with Gasteiger partial charge in [0.25, 0.3) is 0 Å². The van der Waals surface area contributed by atoms with Crippen molar-refractivity contribution >= 4 is 34.2 Å². The number of thioether (sulfide) groups is 1. The first-order valence-electron chi connectivity index (χ1n) is 5.96. The number of benzene rings is 1. The Morgan fingerprint density at radius 1 is 1.50 bits per heavy atom. The summed E-state index contributed by atoms with van der Waals surface area (Å²) in [5.41, 5.74) is 0.649. The van der Waals surface area contributed by atoms with Crippen LogP contribution >= 0.6 is 23.4 Å². The van der Waals surface area contributed by atoms with Crippen LogP contribution in [-0.4, -0.2) is 17.0 Å². The van der Waals surface area contributed by atoms with Crippen LogP contribution in [0.5, 0.6) is 0 Å². The molecule has 0 saturated carbocycles. The van der Waals surface area contributed by atoms with Crippen LogP contribution in [0.1, 0.15) is 20.3 Å². The van der Waals surface area contributed by atoms with Gasteiger partial charge in [0.2, 0.25) is 0 Å². The lowest BCUT2D eigenvalue weighted by Crippen LogP contribution is -2.08. The topological polar surface area (TPSA) is 24.4 Å². The van der Waals surface area contributed by atoms with E-state index in [0.717, 1.165) is 17.3 Å². The first kappa shape index (κ1) is 13.7. The molecule has 1 N–H and O–H groups in total. The van der Waals surface area contributed by atoms with E-state index in [1.807, 2.05) is 0 Å². The fraction of sp³-hybridized carbons (Fsp3) is 0.462. The van der Waals surface area contributed by atoms with Gasteiger partial charge in [-0.25, -0.2) is 4.39 Å². The van der Waals surface area contributed by atoms with Gasteiger partial charge in [-0.05, 0) is 30.5 Å². The molecular weight excluding hydrogens is 271 g/mol. The molecule has 0 saturated heterocycles. The van der Waals surface area contributed by atoms with Crippen LogP contribution in [-0.2, 0) is 0 Å². The van der Waals surface area contributed by atoms with Gasteiger partial charge >= 0.3 is 0 Å². The van der Waals surface area contributed by atoms with Crippen LogP contribution in [0, 0.1) is 11.7 Å². The second-order valence-electron chi connectivity index (χ2n) is 4.81. The molecule has 0 radical (unpaired) electrons. The summed E-state index contributed by atoms with van der Waals surface area (Å²) in [5, 5.41) is 4.35. The van der Waals surface area contributed by atoms with Crippen LogP contribution in [0.3, 0.4) is 0 Å². The normalized spacial score (nSPS) is 19.2. The van der Waals surface area contributed by atoms with Gasteiger partial charge in [0.05, 0.1) is 6.04 Å². The number of rotatable bonds is 3. The Labute approximate surface area is 116 Å². The van der Waals surface area contributed by atoms with Gasteiger partial charge in [0.15, 0.2) is 5.17 Å². The molecule has 0 aliphatic carbocycles. The molecule has 1 aromatic rings. The minimum absolute atomic E-state index is 0.340. The van der Waals surface area contributed by atoms with Gasteiger partial charge in [-0.15, -0.1) is 0 Å². The first-order valence-corrected chi connectivity index (χ1v) is 7.33. The van der Waals surface area contributed by atoms with E-state index in [1.165, 1.54) is 12.1 Å². The summed E-state index contributed by atoms with van der Waals surface area (Å²) in [5.74, 6) is 1.29. The summed E-state index contributed by atoms with van der Waals surface area (Å²) in [6.45, 7) is 4.38. The molecule has 0 amide bonds. The van der Waals surface area contributed by atoms with E-state index in [1.54, 1.807) is 17.8 Å². The maximum atomic E-state index is 13.2. The molecule has 1 aliphatic heterocycles. The Bertz CT molecular complexity index is 442. The van der Waals surface area contributed by atoms with Crippen molar-refractivity contribution in [3.05, 3.63) is 29.0 Å². The molecule has 2 nitrogen and oxygen atoms in total. The Kier molecular flexibility index (Phi) is 4.51. The van der Waals surface area contributed by atoms with Crippen LogP contribution in [0.2, 0.25) is 5.02 Å². The second kappa shape index (κ2) is 5.93. The van der Waals surface area contributed by atoms with Crippen molar-refractivity contribution in [1.82, 2.24) is 0 Å². The summed E-state index contributed by atoms with van der Waals surface area (Å²) in [7, 11) is 0. The molecule has 0 aromatic heterocycles. The van der Waals surface area contributed by atoms with Gasteiger partial charge in [-0.2, -0.15) is 0 Å². The van der Waals surface area contributed by atoms with E-state index in [2.05, 4.69) is 24.2 Å². The lowest BCUT2D eigenvalue weighted by Gasteiger charge is -2.07. The van der Waals surface area contributed by atoms with E-state index in [9.17, 15) is 4.39 Å². The van der Waals surface area contributed by atoms with Crippen LogP contribution in [0.4, 0.5) is 10.1 Å². The zero-order valence-corrected chi connectivity index (χ0v) is 12.0.